The van der Waals surface area contributed by atoms with Gasteiger partial charge in [0.05, 0.1) is 36.2 Å². The average molecular weight is 456 g/mol. The number of hydrogen-bond donors (Lipinski definition) is 0. The van der Waals surface area contributed by atoms with Crippen LogP contribution in [0.1, 0.15) is 24.2 Å². The van der Waals surface area contributed by atoms with Crippen LogP contribution in [0.15, 0.2) is 83.0 Å². The Morgan fingerprint density at radius 1 is 0.706 bits per heavy atom. The summed E-state index contributed by atoms with van der Waals surface area (Å²) in [6.07, 6.45) is 9.32. The van der Waals surface area contributed by atoms with Crippen LogP contribution < -0.4 is 0 Å². The molecule has 0 aliphatic carbocycles. The van der Waals surface area contributed by atoms with Gasteiger partial charge in [-0.05, 0) is 57.2 Å². The molecule has 0 amide bonds. The minimum atomic E-state index is 0.762. The summed E-state index contributed by atoms with van der Waals surface area (Å²) < 4.78 is 3.51. The number of hydrogen-bond acceptors (Lipinski definition) is 7. The first-order chi connectivity index (χ1) is 16.8. The van der Waals surface area contributed by atoms with Crippen molar-refractivity contribution in [2.75, 3.05) is 33.2 Å². The summed E-state index contributed by atoms with van der Waals surface area (Å²) in [6.45, 7) is 3.50. The number of benzene rings is 2. The molecule has 4 aromatic rings. The second kappa shape index (κ2) is 12.3. The lowest BCUT2D eigenvalue weighted by Crippen LogP contribution is -2.22. The Bertz CT molecular complexity index is 1090. The van der Waals surface area contributed by atoms with Gasteiger partial charge in [0.15, 0.2) is 0 Å². The minimum absolute atomic E-state index is 0.762. The standard InChI is InChI=1S/C25H29N9/c1-32(16-8-14-26-18-22-20-33(30-28-22)24-10-4-2-5-11-24)17-9-15-27-19-23-21-34(31-29-23)25-12-6-3-7-13-25/h2-7,10-13,18-21H,8-9,14-17H2,1H3. The molecular weight excluding hydrogens is 426 g/mol. The summed E-state index contributed by atoms with van der Waals surface area (Å²) in [7, 11) is 2.13. The van der Waals surface area contributed by atoms with E-state index in [0.29, 0.717) is 0 Å². The zero-order valence-electron chi connectivity index (χ0n) is 19.4. The van der Waals surface area contributed by atoms with Gasteiger partial charge in [-0.2, -0.15) is 0 Å². The summed E-state index contributed by atoms with van der Waals surface area (Å²) >= 11 is 0. The molecule has 0 radical (unpaired) electrons. The number of rotatable bonds is 12. The van der Waals surface area contributed by atoms with Gasteiger partial charge >= 0.3 is 0 Å². The fourth-order valence-corrected chi connectivity index (χ4v) is 3.38. The van der Waals surface area contributed by atoms with E-state index in [0.717, 1.165) is 61.8 Å². The summed E-state index contributed by atoms with van der Waals surface area (Å²) in [5.41, 5.74) is 3.50. The highest BCUT2D eigenvalue weighted by molar-refractivity contribution is 5.76. The van der Waals surface area contributed by atoms with Crippen molar-refractivity contribution in [1.82, 2.24) is 34.9 Å². The Labute approximate surface area is 199 Å². The van der Waals surface area contributed by atoms with Crippen LogP contribution in [0.3, 0.4) is 0 Å². The Kier molecular flexibility index (Phi) is 8.40. The van der Waals surface area contributed by atoms with Gasteiger partial charge in [0.2, 0.25) is 0 Å². The van der Waals surface area contributed by atoms with Gasteiger partial charge in [0, 0.05) is 13.1 Å². The molecule has 9 heteroatoms. The number of aromatic nitrogens is 6. The van der Waals surface area contributed by atoms with E-state index in [-0.39, 0.29) is 0 Å². The van der Waals surface area contributed by atoms with Gasteiger partial charge in [-0.15, -0.1) is 10.2 Å². The van der Waals surface area contributed by atoms with E-state index in [4.69, 9.17) is 0 Å². The predicted octanol–water partition coefficient (Wildman–Crippen LogP) is 3.10. The maximum absolute atomic E-state index is 4.48. The summed E-state index contributed by atoms with van der Waals surface area (Å²) in [6, 6.07) is 19.8. The molecule has 174 valence electrons. The van der Waals surface area contributed by atoms with Crippen molar-refractivity contribution in [2.24, 2.45) is 9.98 Å². The molecule has 0 aliphatic heterocycles. The van der Waals surface area contributed by atoms with Gasteiger partial charge < -0.3 is 4.90 Å². The topological polar surface area (TPSA) is 89.4 Å². The lowest BCUT2D eigenvalue weighted by Gasteiger charge is -2.14. The molecule has 0 fully saturated rings. The molecule has 0 N–H and O–H groups in total. The highest BCUT2D eigenvalue weighted by Gasteiger charge is 2.01. The Balaban J connectivity index is 1.09. The van der Waals surface area contributed by atoms with Crippen LogP contribution >= 0.6 is 0 Å². The summed E-state index contributed by atoms with van der Waals surface area (Å²) in [5.74, 6) is 0. The molecule has 0 saturated carbocycles. The molecule has 4 rings (SSSR count). The average Bonchev–Trinajstić information content (AvgIpc) is 3.55. The highest BCUT2D eigenvalue weighted by Crippen LogP contribution is 2.06. The first-order valence-electron chi connectivity index (χ1n) is 11.4. The Morgan fingerprint density at radius 2 is 1.15 bits per heavy atom. The zero-order valence-corrected chi connectivity index (χ0v) is 19.4. The van der Waals surface area contributed by atoms with Gasteiger partial charge in [0.1, 0.15) is 11.4 Å². The van der Waals surface area contributed by atoms with Crippen LogP contribution in [0.4, 0.5) is 0 Å². The van der Waals surface area contributed by atoms with Crippen LogP contribution in [0.25, 0.3) is 11.4 Å². The molecule has 34 heavy (non-hydrogen) atoms. The first kappa shape index (κ1) is 23.2. The van der Waals surface area contributed by atoms with Crippen molar-refractivity contribution in [3.05, 3.63) is 84.4 Å². The van der Waals surface area contributed by atoms with Crippen molar-refractivity contribution >= 4 is 12.4 Å². The van der Waals surface area contributed by atoms with Crippen molar-refractivity contribution in [1.29, 1.82) is 0 Å². The Morgan fingerprint density at radius 3 is 1.59 bits per heavy atom. The predicted molar refractivity (Wildman–Crippen MR) is 134 cm³/mol. The van der Waals surface area contributed by atoms with Crippen LogP contribution in [0.2, 0.25) is 0 Å². The maximum Gasteiger partial charge on any atom is 0.124 e. The molecule has 2 heterocycles. The van der Waals surface area contributed by atoms with Crippen molar-refractivity contribution in [2.45, 2.75) is 12.8 Å². The minimum Gasteiger partial charge on any atom is -0.306 e. The quantitative estimate of drug-likeness (QED) is 0.242. The molecule has 2 aromatic carbocycles. The third kappa shape index (κ3) is 7.01. The summed E-state index contributed by atoms with van der Waals surface area (Å²) in [5, 5.41) is 16.6. The van der Waals surface area contributed by atoms with E-state index < -0.39 is 0 Å². The third-order valence-corrected chi connectivity index (χ3v) is 5.16. The van der Waals surface area contributed by atoms with Gasteiger partial charge in [-0.25, -0.2) is 9.36 Å². The molecule has 0 bridgehead atoms. The molecule has 0 atom stereocenters. The lowest BCUT2D eigenvalue weighted by molar-refractivity contribution is 0.329. The number of aliphatic imine (C=N–C) groups is 2. The normalized spacial score (nSPS) is 11.8. The molecule has 9 nitrogen and oxygen atoms in total. The Hall–Kier alpha value is -3.98. The molecule has 0 saturated heterocycles. The van der Waals surface area contributed by atoms with E-state index >= 15 is 0 Å². The van der Waals surface area contributed by atoms with E-state index in [1.54, 1.807) is 21.8 Å². The second-order valence-corrected chi connectivity index (χ2v) is 7.93. The van der Waals surface area contributed by atoms with Gasteiger partial charge in [0.25, 0.3) is 0 Å². The van der Waals surface area contributed by atoms with Crippen molar-refractivity contribution < 1.29 is 0 Å². The second-order valence-electron chi connectivity index (χ2n) is 7.93. The van der Waals surface area contributed by atoms with Crippen molar-refractivity contribution in [3.63, 3.8) is 0 Å². The first-order valence-corrected chi connectivity index (χ1v) is 11.4. The largest absolute Gasteiger partial charge is 0.306 e. The maximum atomic E-state index is 4.48. The highest BCUT2D eigenvalue weighted by atomic mass is 15.4. The van der Waals surface area contributed by atoms with Crippen LogP contribution in [-0.2, 0) is 0 Å². The fourth-order valence-electron chi connectivity index (χ4n) is 3.38. The molecule has 0 spiro atoms. The fraction of sp³-hybridized carbons (Fsp3) is 0.280. The van der Waals surface area contributed by atoms with Gasteiger partial charge in [-0.1, -0.05) is 46.8 Å². The lowest BCUT2D eigenvalue weighted by atomic mass is 10.3. The van der Waals surface area contributed by atoms with Crippen LogP contribution in [0.5, 0.6) is 0 Å². The van der Waals surface area contributed by atoms with Gasteiger partial charge in [-0.3, -0.25) is 9.98 Å². The molecule has 0 unspecified atom stereocenters. The third-order valence-electron chi connectivity index (χ3n) is 5.16. The van der Waals surface area contributed by atoms with Crippen LogP contribution in [-0.4, -0.2) is 80.5 Å². The van der Waals surface area contributed by atoms with E-state index in [2.05, 4.69) is 42.6 Å². The van der Waals surface area contributed by atoms with E-state index in [1.807, 2.05) is 73.1 Å². The zero-order chi connectivity index (χ0) is 23.4. The summed E-state index contributed by atoms with van der Waals surface area (Å²) in [4.78, 5) is 11.3. The van der Waals surface area contributed by atoms with Crippen molar-refractivity contribution in [3.8, 4) is 11.4 Å². The molecular formula is C25H29N9. The molecule has 2 aromatic heterocycles. The number of nitrogens with zero attached hydrogens (tertiary/aromatic N) is 9. The van der Waals surface area contributed by atoms with E-state index in [1.165, 1.54) is 0 Å². The van der Waals surface area contributed by atoms with E-state index in [9.17, 15) is 0 Å². The number of para-hydroxylation sites is 2. The molecule has 0 aliphatic rings. The smallest absolute Gasteiger partial charge is 0.124 e. The SMILES string of the molecule is CN(CCCN=Cc1cn(-c2ccccc2)nn1)CCCN=Cc1cn(-c2ccccc2)nn1. The van der Waals surface area contributed by atoms with Crippen LogP contribution in [0, 0.1) is 0 Å². The monoisotopic (exact) mass is 455 g/mol.